The van der Waals surface area contributed by atoms with Gasteiger partial charge in [0.2, 0.25) is 0 Å². The van der Waals surface area contributed by atoms with Crippen molar-refractivity contribution in [3.63, 3.8) is 0 Å². The Balaban J connectivity index is 1.91. The van der Waals surface area contributed by atoms with Crippen molar-refractivity contribution >= 4 is 11.6 Å². The number of benzene rings is 2. The zero-order valence-electron chi connectivity index (χ0n) is 19.7. The van der Waals surface area contributed by atoms with Gasteiger partial charge in [0.05, 0.1) is 5.69 Å². The van der Waals surface area contributed by atoms with Crippen LogP contribution < -0.4 is 10.1 Å². The normalized spacial score (nSPS) is 11.1. The lowest BCUT2D eigenvalue weighted by Crippen LogP contribution is -2.21. The van der Waals surface area contributed by atoms with Gasteiger partial charge in [0.1, 0.15) is 24.5 Å². The molecule has 0 saturated heterocycles. The third kappa shape index (κ3) is 7.43. The molecule has 0 aliphatic carbocycles. The van der Waals surface area contributed by atoms with E-state index < -0.39 is 0 Å². The van der Waals surface area contributed by atoms with Crippen LogP contribution in [0.1, 0.15) is 15.9 Å². The summed E-state index contributed by atoms with van der Waals surface area (Å²) in [5.74, 6) is 1.29. The average molecular weight is 446 g/mol. The Bertz CT molecular complexity index is 1080. The van der Waals surface area contributed by atoms with Gasteiger partial charge in [0.15, 0.2) is 5.78 Å². The summed E-state index contributed by atoms with van der Waals surface area (Å²) in [4.78, 5) is 25.4. The number of hydrogen-bond acceptors (Lipinski definition) is 7. The molecule has 1 N–H and O–H groups in total. The monoisotopic (exact) mass is 445 g/mol. The third-order valence-corrected chi connectivity index (χ3v) is 4.83. The highest BCUT2D eigenvalue weighted by Crippen LogP contribution is 2.31. The SMILES string of the molecule is CN(C)/C=C/C(=O)c1ccc(OCc2ccccc2)c(-c2cc(NCCN(C)C)ncn2)c1. The van der Waals surface area contributed by atoms with Crippen LogP contribution >= 0.6 is 0 Å². The van der Waals surface area contributed by atoms with E-state index in [1.54, 1.807) is 18.3 Å². The summed E-state index contributed by atoms with van der Waals surface area (Å²) in [5, 5.41) is 3.32. The van der Waals surface area contributed by atoms with Crippen molar-refractivity contribution in [3.05, 3.63) is 84.3 Å². The van der Waals surface area contributed by atoms with Crippen LogP contribution in [0.5, 0.6) is 5.75 Å². The molecule has 0 radical (unpaired) electrons. The number of carbonyl (C=O) groups is 1. The minimum Gasteiger partial charge on any atom is -0.488 e. The number of ketones is 1. The van der Waals surface area contributed by atoms with Crippen molar-refractivity contribution in [2.45, 2.75) is 6.61 Å². The molecular formula is C26H31N5O2. The van der Waals surface area contributed by atoms with Crippen LogP contribution in [0.15, 0.2) is 73.2 Å². The lowest BCUT2D eigenvalue weighted by Gasteiger charge is -2.14. The molecule has 0 aliphatic heterocycles. The second-order valence-corrected chi connectivity index (χ2v) is 8.15. The quantitative estimate of drug-likeness (QED) is 0.354. The molecule has 0 spiro atoms. The number of aromatic nitrogens is 2. The lowest BCUT2D eigenvalue weighted by atomic mass is 10.0. The number of anilines is 1. The Morgan fingerprint density at radius 3 is 2.55 bits per heavy atom. The number of allylic oxidation sites excluding steroid dienone is 1. The largest absolute Gasteiger partial charge is 0.488 e. The molecule has 1 heterocycles. The second-order valence-electron chi connectivity index (χ2n) is 8.15. The maximum Gasteiger partial charge on any atom is 0.187 e. The summed E-state index contributed by atoms with van der Waals surface area (Å²) in [6.07, 6.45) is 4.81. The summed E-state index contributed by atoms with van der Waals surface area (Å²) in [6.45, 7) is 2.06. The number of likely N-dealkylation sites (N-methyl/N-ethyl adjacent to an activating group) is 1. The van der Waals surface area contributed by atoms with Crippen LogP contribution in [0.4, 0.5) is 5.82 Å². The highest BCUT2D eigenvalue weighted by atomic mass is 16.5. The fourth-order valence-electron chi connectivity index (χ4n) is 3.07. The first-order chi connectivity index (χ1) is 15.9. The molecule has 3 aromatic rings. The molecule has 7 nitrogen and oxygen atoms in total. The van der Waals surface area contributed by atoms with E-state index in [9.17, 15) is 4.79 Å². The Morgan fingerprint density at radius 1 is 1.03 bits per heavy atom. The predicted molar refractivity (Wildman–Crippen MR) is 132 cm³/mol. The molecule has 1 aromatic heterocycles. The second kappa shape index (κ2) is 11.8. The molecule has 2 aromatic carbocycles. The smallest absolute Gasteiger partial charge is 0.187 e. The van der Waals surface area contributed by atoms with E-state index in [0.29, 0.717) is 23.6 Å². The summed E-state index contributed by atoms with van der Waals surface area (Å²) >= 11 is 0. The lowest BCUT2D eigenvalue weighted by molar-refractivity contribution is 0.104. The van der Waals surface area contributed by atoms with Gasteiger partial charge in [0.25, 0.3) is 0 Å². The Morgan fingerprint density at radius 2 is 1.82 bits per heavy atom. The van der Waals surface area contributed by atoms with E-state index >= 15 is 0 Å². The van der Waals surface area contributed by atoms with Gasteiger partial charge in [-0.05, 0) is 37.9 Å². The van der Waals surface area contributed by atoms with Gasteiger partial charge in [-0.3, -0.25) is 4.79 Å². The standard InChI is InChI=1S/C26H31N5O2/c1-30(2)14-12-24(32)21-10-11-25(33-18-20-8-6-5-7-9-20)22(16-21)23-17-26(29-19-28-23)27-13-15-31(3)4/h5-12,14,16-17,19H,13,15,18H2,1-4H3,(H,27,28,29)/b14-12+. The van der Waals surface area contributed by atoms with Gasteiger partial charge in [-0.1, -0.05) is 30.3 Å². The van der Waals surface area contributed by atoms with Crippen molar-refractivity contribution in [2.75, 3.05) is 46.6 Å². The Kier molecular flexibility index (Phi) is 8.55. The molecule has 0 aliphatic rings. The van der Waals surface area contributed by atoms with Crippen LogP contribution in [0.2, 0.25) is 0 Å². The molecule has 0 fully saturated rings. The molecule has 0 bridgehead atoms. The van der Waals surface area contributed by atoms with Crippen molar-refractivity contribution < 1.29 is 9.53 Å². The van der Waals surface area contributed by atoms with E-state index in [0.717, 1.165) is 30.0 Å². The molecule has 0 atom stereocenters. The minimum atomic E-state index is -0.0852. The van der Waals surface area contributed by atoms with E-state index in [4.69, 9.17) is 4.74 Å². The van der Waals surface area contributed by atoms with Crippen molar-refractivity contribution in [2.24, 2.45) is 0 Å². The summed E-state index contributed by atoms with van der Waals surface area (Å²) in [7, 11) is 7.80. The number of carbonyl (C=O) groups excluding carboxylic acids is 1. The number of rotatable bonds is 11. The van der Waals surface area contributed by atoms with Crippen LogP contribution in [0.3, 0.4) is 0 Å². The molecule has 172 valence electrons. The topological polar surface area (TPSA) is 70.6 Å². The molecule has 33 heavy (non-hydrogen) atoms. The van der Waals surface area contributed by atoms with Crippen LogP contribution in [-0.2, 0) is 6.61 Å². The van der Waals surface area contributed by atoms with Gasteiger partial charge < -0.3 is 19.9 Å². The van der Waals surface area contributed by atoms with E-state index in [-0.39, 0.29) is 5.78 Å². The number of nitrogens with zero attached hydrogens (tertiary/aromatic N) is 4. The van der Waals surface area contributed by atoms with E-state index in [1.165, 1.54) is 6.33 Å². The molecule has 7 heteroatoms. The van der Waals surface area contributed by atoms with Crippen LogP contribution in [0.25, 0.3) is 11.3 Å². The number of ether oxygens (including phenoxy) is 1. The maximum absolute atomic E-state index is 12.7. The third-order valence-electron chi connectivity index (χ3n) is 4.83. The highest BCUT2D eigenvalue weighted by Gasteiger charge is 2.13. The van der Waals surface area contributed by atoms with E-state index in [2.05, 4.69) is 20.2 Å². The highest BCUT2D eigenvalue weighted by molar-refractivity contribution is 6.05. The fraction of sp³-hybridized carbons (Fsp3) is 0.269. The minimum absolute atomic E-state index is 0.0852. The first kappa shape index (κ1) is 23.9. The van der Waals surface area contributed by atoms with Gasteiger partial charge in [0, 0.05) is 56.7 Å². The van der Waals surface area contributed by atoms with Gasteiger partial charge in [-0.15, -0.1) is 0 Å². The molecule has 0 unspecified atom stereocenters. The fourth-order valence-corrected chi connectivity index (χ4v) is 3.07. The molecular weight excluding hydrogens is 414 g/mol. The van der Waals surface area contributed by atoms with Gasteiger partial charge in [-0.2, -0.15) is 0 Å². The van der Waals surface area contributed by atoms with Gasteiger partial charge in [-0.25, -0.2) is 9.97 Å². The summed E-state index contributed by atoms with van der Waals surface area (Å²) < 4.78 is 6.14. The van der Waals surface area contributed by atoms with E-state index in [1.807, 2.05) is 81.6 Å². The maximum atomic E-state index is 12.7. The van der Waals surface area contributed by atoms with Crippen molar-refractivity contribution in [1.82, 2.24) is 19.8 Å². The first-order valence-electron chi connectivity index (χ1n) is 10.8. The van der Waals surface area contributed by atoms with Crippen LogP contribution in [-0.4, -0.2) is 66.8 Å². The molecule has 0 amide bonds. The number of nitrogens with one attached hydrogen (secondary N) is 1. The Labute approximate surface area is 195 Å². The van der Waals surface area contributed by atoms with Gasteiger partial charge >= 0.3 is 0 Å². The Hall–Kier alpha value is -3.71. The number of hydrogen-bond donors (Lipinski definition) is 1. The molecule has 3 rings (SSSR count). The summed E-state index contributed by atoms with van der Waals surface area (Å²) in [5.41, 5.74) is 3.06. The van der Waals surface area contributed by atoms with Crippen LogP contribution in [0, 0.1) is 0 Å². The zero-order valence-corrected chi connectivity index (χ0v) is 19.7. The van der Waals surface area contributed by atoms with Crippen molar-refractivity contribution in [3.8, 4) is 17.0 Å². The molecule has 0 saturated carbocycles. The predicted octanol–water partition coefficient (Wildman–Crippen LogP) is 3.95. The van der Waals surface area contributed by atoms with Crippen molar-refractivity contribution in [1.29, 1.82) is 0 Å². The zero-order chi connectivity index (χ0) is 23.6. The summed E-state index contributed by atoms with van der Waals surface area (Å²) in [6, 6.07) is 17.3. The first-order valence-corrected chi connectivity index (χ1v) is 10.8. The average Bonchev–Trinajstić information content (AvgIpc) is 2.81.